The van der Waals surface area contributed by atoms with E-state index in [2.05, 4.69) is 15.9 Å². The molecule has 0 unspecified atom stereocenters. The van der Waals surface area contributed by atoms with Crippen molar-refractivity contribution in [2.24, 2.45) is 0 Å². The van der Waals surface area contributed by atoms with Crippen LogP contribution in [0.3, 0.4) is 0 Å². The van der Waals surface area contributed by atoms with Crippen LogP contribution in [0.4, 0.5) is 0 Å². The summed E-state index contributed by atoms with van der Waals surface area (Å²) in [5.41, 5.74) is 0.622. The van der Waals surface area contributed by atoms with Gasteiger partial charge in [0.2, 0.25) is 0 Å². The van der Waals surface area contributed by atoms with Crippen molar-refractivity contribution in [3.05, 3.63) is 40.4 Å². The maximum Gasteiger partial charge on any atom is 0.154 e. The topological polar surface area (TPSA) is 35.5 Å². The van der Waals surface area contributed by atoms with E-state index in [0.29, 0.717) is 17.9 Å². The lowest BCUT2D eigenvalue weighted by atomic mass is 10.0. The minimum absolute atomic E-state index is 0.618. The molecule has 0 heterocycles. The van der Waals surface area contributed by atoms with Crippen LogP contribution >= 0.6 is 15.9 Å². The number of hydrogen-bond acceptors (Lipinski definition) is 3. The second-order valence-electron chi connectivity index (χ2n) is 4.86. The average Bonchev–Trinajstić information content (AvgIpc) is 2.50. The van der Waals surface area contributed by atoms with Crippen LogP contribution in [0.2, 0.25) is 0 Å². The van der Waals surface area contributed by atoms with E-state index in [4.69, 9.17) is 9.47 Å². The zero-order valence-electron chi connectivity index (χ0n) is 12.1. The predicted molar refractivity (Wildman–Crippen MR) is 88.3 cm³/mol. The van der Waals surface area contributed by atoms with Crippen molar-refractivity contribution >= 4 is 33.0 Å². The van der Waals surface area contributed by atoms with Gasteiger partial charge in [0, 0.05) is 18.2 Å². The number of unbranched alkanes of at least 4 members (excludes halogenated alkanes) is 2. The third kappa shape index (κ3) is 4.29. The summed E-state index contributed by atoms with van der Waals surface area (Å²) in [6, 6.07) is 9.72. The third-order valence-electron chi connectivity index (χ3n) is 3.35. The molecule has 0 spiro atoms. The number of hydrogen-bond donors (Lipinski definition) is 0. The lowest BCUT2D eigenvalue weighted by Crippen LogP contribution is -2.01. The Kier molecular flexibility index (Phi) is 6.21. The smallest absolute Gasteiger partial charge is 0.154 e. The number of carbonyl (C=O) groups excluding carboxylic acids is 1. The fraction of sp³-hybridized carbons (Fsp3) is 0.353. The van der Waals surface area contributed by atoms with Gasteiger partial charge in [-0.15, -0.1) is 0 Å². The molecule has 0 aromatic heterocycles. The summed E-state index contributed by atoms with van der Waals surface area (Å²) in [7, 11) is 1.71. The van der Waals surface area contributed by atoms with Gasteiger partial charge in [-0.25, -0.2) is 0 Å². The number of ether oxygens (including phenoxy) is 2. The summed E-state index contributed by atoms with van der Waals surface area (Å²) >= 11 is 3.44. The lowest BCUT2D eigenvalue weighted by Gasteiger charge is -2.11. The maximum absolute atomic E-state index is 11.4. The molecule has 0 saturated carbocycles. The van der Waals surface area contributed by atoms with E-state index in [1.165, 1.54) is 0 Å². The summed E-state index contributed by atoms with van der Waals surface area (Å²) in [6.45, 7) is 1.40. The average molecular weight is 351 g/mol. The molecular weight excluding hydrogens is 332 g/mol. The zero-order chi connectivity index (χ0) is 15.1. The van der Waals surface area contributed by atoms with Crippen molar-refractivity contribution in [1.29, 1.82) is 0 Å². The van der Waals surface area contributed by atoms with E-state index in [0.717, 1.165) is 47.4 Å². The molecule has 2 rings (SSSR count). The Balaban J connectivity index is 2.06. The monoisotopic (exact) mass is 350 g/mol. The molecule has 0 bridgehead atoms. The van der Waals surface area contributed by atoms with Crippen LogP contribution in [0.15, 0.2) is 34.8 Å². The Morgan fingerprint density at radius 1 is 1.10 bits per heavy atom. The molecule has 3 nitrogen and oxygen atoms in total. The first-order valence-corrected chi connectivity index (χ1v) is 7.84. The third-order valence-corrected chi connectivity index (χ3v) is 3.84. The number of halogens is 1. The largest absolute Gasteiger partial charge is 0.493 e. The first-order chi connectivity index (χ1) is 10.3. The van der Waals surface area contributed by atoms with Gasteiger partial charge >= 0.3 is 0 Å². The molecule has 0 amide bonds. The van der Waals surface area contributed by atoms with Crippen LogP contribution in [0.25, 0.3) is 10.8 Å². The SMILES string of the molecule is COCCCCCOc1ccc2cc(Br)ccc2c1C=O. The van der Waals surface area contributed by atoms with Gasteiger partial charge in [-0.3, -0.25) is 4.79 Å². The molecule has 112 valence electrons. The number of methoxy groups -OCH3 is 1. The highest BCUT2D eigenvalue weighted by atomic mass is 79.9. The van der Waals surface area contributed by atoms with Gasteiger partial charge in [0.25, 0.3) is 0 Å². The highest BCUT2D eigenvalue weighted by Gasteiger charge is 2.08. The number of carbonyl (C=O) groups is 1. The Labute approximate surface area is 133 Å². The second kappa shape index (κ2) is 8.15. The molecule has 0 N–H and O–H groups in total. The van der Waals surface area contributed by atoms with E-state index < -0.39 is 0 Å². The Morgan fingerprint density at radius 2 is 1.90 bits per heavy atom. The Morgan fingerprint density at radius 3 is 2.67 bits per heavy atom. The fourth-order valence-electron chi connectivity index (χ4n) is 2.26. The van der Waals surface area contributed by atoms with Crippen LogP contribution < -0.4 is 4.74 Å². The van der Waals surface area contributed by atoms with E-state index >= 15 is 0 Å². The summed E-state index contributed by atoms with van der Waals surface area (Å²) in [5, 5.41) is 1.95. The normalized spacial score (nSPS) is 10.8. The van der Waals surface area contributed by atoms with E-state index in [9.17, 15) is 4.79 Å². The number of aldehydes is 1. The highest BCUT2D eigenvalue weighted by molar-refractivity contribution is 9.10. The van der Waals surface area contributed by atoms with Crippen molar-refractivity contribution < 1.29 is 14.3 Å². The molecule has 2 aromatic rings. The van der Waals surface area contributed by atoms with Crippen molar-refractivity contribution in [1.82, 2.24) is 0 Å². The second-order valence-corrected chi connectivity index (χ2v) is 5.78. The van der Waals surface area contributed by atoms with Crippen LogP contribution in [0.1, 0.15) is 29.6 Å². The van der Waals surface area contributed by atoms with Gasteiger partial charge in [-0.05, 0) is 48.2 Å². The summed E-state index contributed by atoms with van der Waals surface area (Å²) in [5.74, 6) is 0.659. The van der Waals surface area contributed by atoms with Gasteiger partial charge in [-0.1, -0.05) is 28.1 Å². The van der Waals surface area contributed by atoms with Crippen LogP contribution in [-0.4, -0.2) is 26.6 Å². The molecule has 21 heavy (non-hydrogen) atoms. The van der Waals surface area contributed by atoms with Crippen molar-refractivity contribution in [3.8, 4) is 5.75 Å². The maximum atomic E-state index is 11.4. The molecule has 0 saturated heterocycles. The highest BCUT2D eigenvalue weighted by Crippen LogP contribution is 2.29. The number of benzene rings is 2. The first kappa shape index (κ1) is 16.0. The molecule has 0 atom stereocenters. The van der Waals surface area contributed by atoms with Crippen molar-refractivity contribution in [2.75, 3.05) is 20.3 Å². The van der Waals surface area contributed by atoms with Crippen LogP contribution in [0, 0.1) is 0 Å². The van der Waals surface area contributed by atoms with Gasteiger partial charge in [-0.2, -0.15) is 0 Å². The molecule has 0 fully saturated rings. The quantitative estimate of drug-likeness (QED) is 0.515. The molecule has 0 radical (unpaired) electrons. The molecule has 0 aliphatic heterocycles. The fourth-order valence-corrected chi connectivity index (χ4v) is 2.64. The number of fused-ring (bicyclic) bond motifs is 1. The van der Waals surface area contributed by atoms with E-state index in [1.54, 1.807) is 7.11 Å². The van der Waals surface area contributed by atoms with Gasteiger partial charge in [0.05, 0.1) is 12.2 Å². The minimum atomic E-state index is 0.618. The van der Waals surface area contributed by atoms with E-state index in [1.807, 2.05) is 30.3 Å². The molecule has 0 aliphatic rings. The van der Waals surface area contributed by atoms with Gasteiger partial charge in [0.15, 0.2) is 6.29 Å². The zero-order valence-corrected chi connectivity index (χ0v) is 13.7. The molecule has 0 aliphatic carbocycles. The van der Waals surface area contributed by atoms with Crippen molar-refractivity contribution in [2.45, 2.75) is 19.3 Å². The summed E-state index contributed by atoms with van der Waals surface area (Å²) < 4.78 is 11.8. The Hall–Kier alpha value is -1.39. The standard InChI is InChI=1S/C17H19BrO3/c1-20-9-3-2-4-10-21-17-8-5-13-11-14(18)6-7-15(13)16(17)12-19/h5-8,11-12H,2-4,9-10H2,1H3. The lowest BCUT2D eigenvalue weighted by molar-refractivity contribution is 0.112. The Bertz CT molecular complexity index is 610. The van der Waals surface area contributed by atoms with Crippen molar-refractivity contribution in [3.63, 3.8) is 0 Å². The van der Waals surface area contributed by atoms with E-state index in [-0.39, 0.29) is 0 Å². The summed E-state index contributed by atoms with van der Waals surface area (Å²) in [6.07, 6.45) is 3.92. The molecule has 4 heteroatoms. The minimum Gasteiger partial charge on any atom is -0.493 e. The molecule has 2 aromatic carbocycles. The van der Waals surface area contributed by atoms with Gasteiger partial charge < -0.3 is 9.47 Å². The molecular formula is C17H19BrO3. The summed E-state index contributed by atoms with van der Waals surface area (Å²) in [4.78, 5) is 11.4. The number of rotatable bonds is 8. The first-order valence-electron chi connectivity index (χ1n) is 7.05. The van der Waals surface area contributed by atoms with Gasteiger partial charge in [0.1, 0.15) is 5.75 Å². The van der Waals surface area contributed by atoms with Crippen LogP contribution in [0.5, 0.6) is 5.75 Å². The van der Waals surface area contributed by atoms with Crippen LogP contribution in [-0.2, 0) is 4.74 Å². The predicted octanol–water partition coefficient (Wildman–Crippen LogP) is 4.61.